The number of carbonyl (C=O) groups is 2. The normalized spacial score (nSPS) is 32.6. The first-order chi connectivity index (χ1) is 8.15. The first kappa shape index (κ1) is 12.4. The van der Waals surface area contributed by atoms with E-state index >= 15 is 0 Å². The summed E-state index contributed by atoms with van der Waals surface area (Å²) in [4.78, 5) is 22.5. The topological polar surface area (TPSA) is 75.6 Å². The molecule has 0 spiro atoms. The molecule has 5 nitrogen and oxygen atoms in total. The minimum Gasteiger partial charge on any atom is -0.481 e. The van der Waals surface area contributed by atoms with Gasteiger partial charge in [-0.3, -0.25) is 9.59 Å². The van der Waals surface area contributed by atoms with E-state index in [-0.39, 0.29) is 24.0 Å². The maximum atomic E-state index is 11.7. The van der Waals surface area contributed by atoms with E-state index in [9.17, 15) is 9.59 Å². The van der Waals surface area contributed by atoms with Crippen LogP contribution in [-0.4, -0.2) is 35.7 Å². The number of carboxylic acid groups (broad SMARTS) is 1. The second-order valence-electron chi connectivity index (χ2n) is 4.95. The Balaban J connectivity index is 1.70. The van der Waals surface area contributed by atoms with Gasteiger partial charge in [0.2, 0.25) is 5.91 Å². The number of carbonyl (C=O) groups excluding carboxylic acids is 1. The summed E-state index contributed by atoms with van der Waals surface area (Å²) in [5.41, 5.74) is 0. The summed E-state index contributed by atoms with van der Waals surface area (Å²) in [7, 11) is 0. The number of aliphatic carboxylic acids is 1. The zero-order valence-electron chi connectivity index (χ0n) is 9.85. The van der Waals surface area contributed by atoms with Gasteiger partial charge >= 0.3 is 5.97 Å². The van der Waals surface area contributed by atoms with E-state index < -0.39 is 5.97 Å². The molecule has 5 heteroatoms. The lowest BCUT2D eigenvalue weighted by atomic mass is 10.1. The second kappa shape index (κ2) is 5.49. The molecule has 1 saturated carbocycles. The molecular weight excluding hydrogens is 222 g/mol. The Kier molecular flexibility index (Phi) is 3.99. The molecule has 0 radical (unpaired) electrons. The molecule has 0 aromatic heterocycles. The Morgan fingerprint density at radius 2 is 2.12 bits per heavy atom. The van der Waals surface area contributed by atoms with Crippen molar-refractivity contribution in [3.8, 4) is 0 Å². The van der Waals surface area contributed by atoms with Gasteiger partial charge in [-0.25, -0.2) is 0 Å². The highest BCUT2D eigenvalue weighted by Crippen LogP contribution is 2.26. The van der Waals surface area contributed by atoms with E-state index in [4.69, 9.17) is 9.84 Å². The molecule has 3 atom stereocenters. The Hall–Kier alpha value is -1.10. The van der Waals surface area contributed by atoms with Crippen LogP contribution < -0.4 is 5.32 Å². The molecule has 2 fully saturated rings. The molecule has 1 aliphatic carbocycles. The van der Waals surface area contributed by atoms with Crippen molar-refractivity contribution in [3.63, 3.8) is 0 Å². The van der Waals surface area contributed by atoms with Crippen molar-refractivity contribution >= 4 is 11.9 Å². The van der Waals surface area contributed by atoms with Crippen LogP contribution in [0.1, 0.15) is 38.5 Å². The van der Waals surface area contributed by atoms with Gasteiger partial charge in [-0.2, -0.15) is 0 Å². The second-order valence-corrected chi connectivity index (χ2v) is 4.95. The lowest BCUT2D eigenvalue weighted by Gasteiger charge is -2.14. The Morgan fingerprint density at radius 1 is 1.29 bits per heavy atom. The minimum atomic E-state index is -0.749. The molecule has 1 unspecified atom stereocenters. The summed E-state index contributed by atoms with van der Waals surface area (Å²) < 4.78 is 5.39. The number of rotatable bonds is 4. The summed E-state index contributed by atoms with van der Waals surface area (Å²) >= 11 is 0. The fraction of sp³-hybridized carbons (Fsp3) is 0.833. The lowest BCUT2D eigenvalue weighted by molar-refractivity contribution is -0.141. The molecule has 1 saturated heterocycles. The smallest absolute Gasteiger partial charge is 0.306 e. The van der Waals surface area contributed by atoms with Gasteiger partial charge in [0.1, 0.15) is 0 Å². The minimum absolute atomic E-state index is 0.00654. The summed E-state index contributed by atoms with van der Waals surface area (Å²) in [6, 6.07) is 0.0324. The third-order valence-electron chi connectivity index (χ3n) is 3.58. The molecule has 2 aliphatic rings. The molecular formula is C12H19NO4. The maximum absolute atomic E-state index is 11.7. The molecule has 2 rings (SSSR count). The van der Waals surface area contributed by atoms with Gasteiger partial charge in [0, 0.05) is 12.6 Å². The molecule has 0 aromatic rings. The van der Waals surface area contributed by atoms with E-state index in [0.717, 1.165) is 25.9 Å². The molecule has 0 aromatic carbocycles. The zero-order chi connectivity index (χ0) is 12.3. The SMILES string of the molecule is O=C(CC1CCCO1)N[C@@H]1CC[C@H](C(=O)O)C1. The zero-order valence-corrected chi connectivity index (χ0v) is 9.85. The fourth-order valence-electron chi connectivity index (χ4n) is 2.64. The van der Waals surface area contributed by atoms with Crippen LogP contribution in [0.15, 0.2) is 0 Å². The predicted octanol–water partition coefficient (Wildman–Crippen LogP) is 0.925. The van der Waals surface area contributed by atoms with E-state index in [1.165, 1.54) is 0 Å². The van der Waals surface area contributed by atoms with Crippen LogP contribution in [0.25, 0.3) is 0 Å². The number of carboxylic acids is 1. The third-order valence-corrected chi connectivity index (χ3v) is 3.58. The van der Waals surface area contributed by atoms with E-state index in [1.54, 1.807) is 0 Å². The first-order valence-electron chi connectivity index (χ1n) is 6.29. The number of hydrogen-bond acceptors (Lipinski definition) is 3. The van der Waals surface area contributed by atoms with Crippen LogP contribution >= 0.6 is 0 Å². The molecule has 1 aliphatic heterocycles. The van der Waals surface area contributed by atoms with Crippen molar-refractivity contribution in [2.75, 3.05) is 6.61 Å². The number of hydrogen-bond donors (Lipinski definition) is 2. The highest BCUT2D eigenvalue weighted by molar-refractivity contribution is 5.77. The van der Waals surface area contributed by atoms with Crippen molar-refractivity contribution in [3.05, 3.63) is 0 Å². The van der Waals surface area contributed by atoms with Gasteiger partial charge in [0.25, 0.3) is 0 Å². The average Bonchev–Trinajstić information content (AvgIpc) is 2.88. The largest absolute Gasteiger partial charge is 0.481 e. The van der Waals surface area contributed by atoms with Crippen molar-refractivity contribution in [2.45, 2.75) is 50.7 Å². The fourth-order valence-corrected chi connectivity index (χ4v) is 2.64. The van der Waals surface area contributed by atoms with Gasteiger partial charge in [-0.15, -0.1) is 0 Å². The van der Waals surface area contributed by atoms with E-state index in [2.05, 4.69) is 5.32 Å². The number of nitrogens with one attached hydrogen (secondary N) is 1. The monoisotopic (exact) mass is 241 g/mol. The van der Waals surface area contributed by atoms with Crippen LogP contribution in [0.3, 0.4) is 0 Å². The predicted molar refractivity (Wildman–Crippen MR) is 60.5 cm³/mol. The average molecular weight is 241 g/mol. The first-order valence-corrected chi connectivity index (χ1v) is 6.29. The van der Waals surface area contributed by atoms with Gasteiger partial charge < -0.3 is 15.2 Å². The summed E-state index contributed by atoms with van der Waals surface area (Å²) in [5, 5.41) is 11.8. The van der Waals surface area contributed by atoms with Crippen LogP contribution in [0, 0.1) is 5.92 Å². The van der Waals surface area contributed by atoms with E-state index in [0.29, 0.717) is 19.3 Å². The molecule has 1 heterocycles. The number of amides is 1. The van der Waals surface area contributed by atoms with Gasteiger partial charge in [-0.05, 0) is 32.1 Å². The van der Waals surface area contributed by atoms with Crippen LogP contribution in [-0.2, 0) is 14.3 Å². The lowest BCUT2D eigenvalue weighted by Crippen LogP contribution is -2.35. The molecule has 1 amide bonds. The third kappa shape index (κ3) is 3.43. The summed E-state index contributed by atoms with van der Waals surface area (Å²) in [5.74, 6) is -1.04. The van der Waals surface area contributed by atoms with Crippen molar-refractivity contribution in [1.29, 1.82) is 0 Å². The highest BCUT2D eigenvalue weighted by Gasteiger charge is 2.31. The molecule has 0 bridgehead atoms. The van der Waals surface area contributed by atoms with Crippen molar-refractivity contribution in [1.82, 2.24) is 5.32 Å². The maximum Gasteiger partial charge on any atom is 0.306 e. The van der Waals surface area contributed by atoms with Crippen LogP contribution in [0.5, 0.6) is 0 Å². The summed E-state index contributed by atoms with van der Waals surface area (Å²) in [6.07, 6.45) is 4.46. The Labute approximate surface area is 101 Å². The van der Waals surface area contributed by atoms with Crippen LogP contribution in [0.2, 0.25) is 0 Å². The Bertz CT molecular complexity index is 299. The standard InChI is InChI=1S/C12H19NO4/c14-11(7-10-2-1-5-17-10)13-9-4-3-8(6-9)12(15)16/h8-10H,1-7H2,(H,13,14)(H,15,16)/t8-,9+,10?/m0/s1. The summed E-state index contributed by atoms with van der Waals surface area (Å²) in [6.45, 7) is 0.752. The quantitative estimate of drug-likeness (QED) is 0.767. The molecule has 17 heavy (non-hydrogen) atoms. The van der Waals surface area contributed by atoms with Crippen molar-refractivity contribution in [2.24, 2.45) is 5.92 Å². The van der Waals surface area contributed by atoms with Crippen LogP contribution in [0.4, 0.5) is 0 Å². The van der Waals surface area contributed by atoms with E-state index in [1.807, 2.05) is 0 Å². The van der Waals surface area contributed by atoms with Crippen molar-refractivity contribution < 1.29 is 19.4 Å². The highest BCUT2D eigenvalue weighted by atomic mass is 16.5. The van der Waals surface area contributed by atoms with Gasteiger partial charge in [0.05, 0.1) is 18.4 Å². The molecule has 2 N–H and O–H groups in total. The van der Waals surface area contributed by atoms with Gasteiger partial charge in [-0.1, -0.05) is 0 Å². The Morgan fingerprint density at radius 3 is 2.71 bits per heavy atom. The van der Waals surface area contributed by atoms with Gasteiger partial charge in [0.15, 0.2) is 0 Å². The molecule has 96 valence electrons. The number of ether oxygens (including phenoxy) is 1.